The molecule has 0 radical (unpaired) electrons. The number of hydrogen-bond acceptors (Lipinski definition) is 4. The van der Waals surface area contributed by atoms with Gasteiger partial charge >= 0.3 is 0 Å². The van der Waals surface area contributed by atoms with E-state index in [-0.39, 0.29) is 18.4 Å². The zero-order valence-electron chi connectivity index (χ0n) is 11.5. The lowest BCUT2D eigenvalue weighted by Crippen LogP contribution is -2.28. The maximum Gasteiger partial charge on any atom is 0.0798 e. The molecule has 0 bridgehead atoms. The smallest absolute Gasteiger partial charge is 0.0798 e. The van der Waals surface area contributed by atoms with E-state index in [0.29, 0.717) is 5.92 Å². The molecule has 2 heterocycles. The van der Waals surface area contributed by atoms with Crippen molar-refractivity contribution in [3.63, 3.8) is 0 Å². The summed E-state index contributed by atoms with van der Waals surface area (Å²) in [7, 11) is 0. The van der Waals surface area contributed by atoms with Gasteiger partial charge in [-0.15, -0.1) is 23.7 Å². The van der Waals surface area contributed by atoms with Crippen molar-refractivity contribution in [3.8, 4) is 0 Å². The van der Waals surface area contributed by atoms with Gasteiger partial charge in [0.1, 0.15) is 0 Å². The molecule has 3 rings (SSSR count). The molecule has 1 aromatic heterocycles. The third kappa shape index (κ3) is 3.20. The van der Waals surface area contributed by atoms with Crippen molar-refractivity contribution in [1.82, 2.24) is 9.88 Å². The lowest BCUT2D eigenvalue weighted by Gasteiger charge is -2.15. The third-order valence-electron chi connectivity index (χ3n) is 3.88. The molecule has 2 atom stereocenters. The van der Waals surface area contributed by atoms with Crippen LogP contribution in [0.3, 0.4) is 0 Å². The normalized spacial score (nSPS) is 22.7. The van der Waals surface area contributed by atoms with Crippen molar-refractivity contribution >= 4 is 23.7 Å². The van der Waals surface area contributed by atoms with Crippen molar-refractivity contribution in [2.24, 2.45) is 5.73 Å². The van der Waals surface area contributed by atoms with Gasteiger partial charge in [0.25, 0.3) is 0 Å². The van der Waals surface area contributed by atoms with Crippen LogP contribution in [0.2, 0.25) is 0 Å². The largest absolute Gasteiger partial charge is 0.326 e. The average molecular weight is 310 g/mol. The molecule has 3 nitrogen and oxygen atoms in total. The third-order valence-corrected chi connectivity index (χ3v) is 4.80. The number of likely N-dealkylation sites (tertiary alicyclic amines) is 1. The highest BCUT2D eigenvalue weighted by Gasteiger charge is 2.31. The van der Waals surface area contributed by atoms with Crippen LogP contribution in [-0.4, -0.2) is 29.0 Å². The van der Waals surface area contributed by atoms with Crippen molar-refractivity contribution in [3.05, 3.63) is 52.0 Å². The second-order valence-corrected chi connectivity index (χ2v) is 6.18. The van der Waals surface area contributed by atoms with E-state index in [4.69, 9.17) is 5.73 Å². The van der Waals surface area contributed by atoms with Gasteiger partial charge in [-0.1, -0.05) is 30.3 Å². The molecule has 108 valence electrons. The molecule has 0 unspecified atom stereocenters. The number of hydrogen-bond donors (Lipinski definition) is 1. The first-order valence-corrected chi connectivity index (χ1v) is 7.54. The Balaban J connectivity index is 0.00000147. The monoisotopic (exact) mass is 309 g/mol. The minimum atomic E-state index is 0. The summed E-state index contributed by atoms with van der Waals surface area (Å²) in [6.45, 7) is 5.07. The molecule has 0 aliphatic carbocycles. The molecule has 2 aromatic rings. The molecule has 5 heteroatoms. The van der Waals surface area contributed by atoms with E-state index in [9.17, 15) is 0 Å². The van der Waals surface area contributed by atoms with Crippen LogP contribution in [0, 0.1) is 6.92 Å². The molecule has 0 spiro atoms. The summed E-state index contributed by atoms with van der Waals surface area (Å²) < 4.78 is 0. The molecule has 1 saturated heterocycles. The minimum absolute atomic E-state index is 0. The first-order chi connectivity index (χ1) is 9.24. The standard InChI is InChI=1S/C15H19N3S.ClH/c1-11-15(19-10-17-11)9-18-7-13(14(16)8-18)12-5-3-2-4-6-12;/h2-6,10,13-14H,7-9,16H2,1H3;1H/t13-,14+;/m0./s1. The Morgan fingerprint density at radius 2 is 2.05 bits per heavy atom. The second-order valence-electron chi connectivity index (χ2n) is 5.24. The zero-order valence-corrected chi connectivity index (χ0v) is 13.2. The summed E-state index contributed by atoms with van der Waals surface area (Å²) >= 11 is 1.74. The topological polar surface area (TPSA) is 42.2 Å². The highest BCUT2D eigenvalue weighted by Crippen LogP contribution is 2.28. The van der Waals surface area contributed by atoms with Gasteiger partial charge in [0.05, 0.1) is 11.2 Å². The quantitative estimate of drug-likeness (QED) is 0.948. The Bertz CT molecular complexity index is 543. The fourth-order valence-electron chi connectivity index (χ4n) is 2.78. The second kappa shape index (κ2) is 6.68. The Morgan fingerprint density at radius 1 is 1.30 bits per heavy atom. The number of benzene rings is 1. The van der Waals surface area contributed by atoms with E-state index in [1.807, 2.05) is 5.51 Å². The number of aromatic nitrogens is 1. The molecule has 1 aliphatic rings. The number of aryl methyl sites for hydroxylation is 1. The summed E-state index contributed by atoms with van der Waals surface area (Å²) in [6.07, 6.45) is 0. The van der Waals surface area contributed by atoms with Gasteiger partial charge in [0, 0.05) is 36.5 Å². The molecule has 0 amide bonds. The van der Waals surface area contributed by atoms with E-state index in [0.717, 1.165) is 25.3 Å². The van der Waals surface area contributed by atoms with Gasteiger partial charge in [-0.25, -0.2) is 4.98 Å². The number of thiazole rings is 1. The van der Waals surface area contributed by atoms with Crippen LogP contribution < -0.4 is 5.73 Å². The fraction of sp³-hybridized carbons (Fsp3) is 0.400. The number of rotatable bonds is 3. The highest BCUT2D eigenvalue weighted by molar-refractivity contribution is 7.09. The zero-order chi connectivity index (χ0) is 13.2. The van der Waals surface area contributed by atoms with Crippen LogP contribution >= 0.6 is 23.7 Å². The number of nitrogens with two attached hydrogens (primary N) is 1. The molecule has 2 N–H and O–H groups in total. The first-order valence-electron chi connectivity index (χ1n) is 6.66. The van der Waals surface area contributed by atoms with E-state index < -0.39 is 0 Å². The maximum atomic E-state index is 6.31. The first kappa shape index (κ1) is 15.4. The van der Waals surface area contributed by atoms with Crippen LogP contribution in [0.4, 0.5) is 0 Å². The highest BCUT2D eigenvalue weighted by atomic mass is 35.5. The Kier molecular flexibility index (Phi) is 5.16. The van der Waals surface area contributed by atoms with Crippen molar-refractivity contribution < 1.29 is 0 Å². The van der Waals surface area contributed by atoms with E-state index >= 15 is 0 Å². The van der Waals surface area contributed by atoms with E-state index in [2.05, 4.69) is 47.1 Å². The Morgan fingerprint density at radius 3 is 2.70 bits per heavy atom. The lowest BCUT2D eigenvalue weighted by atomic mass is 9.95. The van der Waals surface area contributed by atoms with Gasteiger partial charge < -0.3 is 5.73 Å². The molecule has 20 heavy (non-hydrogen) atoms. The Hall–Kier alpha value is -0.940. The van der Waals surface area contributed by atoms with Gasteiger partial charge in [-0.2, -0.15) is 0 Å². The number of halogens is 1. The van der Waals surface area contributed by atoms with Crippen LogP contribution in [0.5, 0.6) is 0 Å². The van der Waals surface area contributed by atoms with E-state index in [1.165, 1.54) is 10.4 Å². The molecule has 1 aliphatic heterocycles. The SMILES string of the molecule is Cc1ncsc1CN1C[C@@H](N)[C@H](c2ccccc2)C1.Cl. The number of nitrogens with zero attached hydrogens (tertiary/aromatic N) is 2. The summed E-state index contributed by atoms with van der Waals surface area (Å²) in [4.78, 5) is 8.12. The molecule has 1 aromatic carbocycles. The van der Waals surface area contributed by atoms with Gasteiger partial charge in [0.2, 0.25) is 0 Å². The van der Waals surface area contributed by atoms with E-state index in [1.54, 1.807) is 11.3 Å². The van der Waals surface area contributed by atoms with Gasteiger partial charge in [-0.05, 0) is 12.5 Å². The van der Waals surface area contributed by atoms with Crippen molar-refractivity contribution in [1.29, 1.82) is 0 Å². The summed E-state index contributed by atoms with van der Waals surface area (Å²) in [5, 5.41) is 0. The average Bonchev–Trinajstić information content (AvgIpc) is 2.98. The molecular formula is C15H20ClN3S. The Labute approximate surface area is 130 Å². The summed E-state index contributed by atoms with van der Waals surface area (Å²) in [5.41, 5.74) is 10.8. The van der Waals surface area contributed by atoms with Crippen LogP contribution in [0.15, 0.2) is 35.8 Å². The predicted molar refractivity (Wildman–Crippen MR) is 86.5 cm³/mol. The van der Waals surface area contributed by atoms with Crippen LogP contribution in [0.1, 0.15) is 22.1 Å². The van der Waals surface area contributed by atoms with Crippen molar-refractivity contribution in [2.45, 2.75) is 25.4 Å². The lowest BCUT2D eigenvalue weighted by molar-refractivity contribution is 0.326. The summed E-state index contributed by atoms with van der Waals surface area (Å²) in [5.74, 6) is 0.453. The summed E-state index contributed by atoms with van der Waals surface area (Å²) in [6, 6.07) is 10.9. The van der Waals surface area contributed by atoms with Gasteiger partial charge in [0.15, 0.2) is 0 Å². The fourth-order valence-corrected chi connectivity index (χ4v) is 3.59. The molecule has 1 fully saturated rings. The van der Waals surface area contributed by atoms with Gasteiger partial charge in [-0.3, -0.25) is 4.90 Å². The minimum Gasteiger partial charge on any atom is -0.326 e. The molecular weight excluding hydrogens is 290 g/mol. The maximum absolute atomic E-state index is 6.31. The molecule has 0 saturated carbocycles. The predicted octanol–water partition coefficient (Wildman–Crippen LogP) is 2.80. The van der Waals surface area contributed by atoms with Crippen molar-refractivity contribution in [2.75, 3.05) is 13.1 Å². The van der Waals surface area contributed by atoms with Crippen LogP contribution in [0.25, 0.3) is 0 Å². The van der Waals surface area contributed by atoms with Crippen LogP contribution in [-0.2, 0) is 6.54 Å².